The molecule has 50 heavy (non-hydrogen) atoms. The minimum Gasteiger partial charge on any atom is -0.496 e. The summed E-state index contributed by atoms with van der Waals surface area (Å²) in [5.41, 5.74) is 7.25. The molecule has 2 aromatic carbocycles. The fourth-order valence-electron chi connectivity index (χ4n) is 8.46. The fraction of sp³-hybridized carbons (Fsp3) is 0.421. The normalized spacial score (nSPS) is 20.3. The molecule has 2 aromatic heterocycles. The number of nitrogens with one attached hydrogen (secondary N) is 2. The highest BCUT2D eigenvalue weighted by Crippen LogP contribution is 2.45. The largest absolute Gasteiger partial charge is 0.496 e. The molecule has 0 bridgehead atoms. The Morgan fingerprint density at radius 2 is 1.68 bits per heavy atom. The topological polar surface area (TPSA) is 129 Å². The summed E-state index contributed by atoms with van der Waals surface area (Å²) in [6.07, 6.45) is 6.50. The van der Waals surface area contributed by atoms with Gasteiger partial charge in [-0.1, -0.05) is 6.07 Å². The van der Waals surface area contributed by atoms with Crippen LogP contribution in [0.25, 0.3) is 22.0 Å². The van der Waals surface area contributed by atoms with Crippen molar-refractivity contribution < 1.29 is 23.9 Å². The molecule has 1 unspecified atom stereocenters. The van der Waals surface area contributed by atoms with Gasteiger partial charge in [-0.3, -0.25) is 29.4 Å². The second-order valence-corrected chi connectivity index (χ2v) is 14.4. The lowest BCUT2D eigenvalue weighted by Crippen LogP contribution is -2.60. The van der Waals surface area contributed by atoms with Crippen LogP contribution in [0.4, 0.5) is 5.69 Å². The standard InChI is InChI=1S/C38H42N6O6/c1-22-16-39-34-33(22)27(18-41(2)37(34)48)24-13-30(49-3)28(31(14-24)50-4)19-42-11-9-38(10-12-42)20-43(21-38)25-6-5-23-17-44(36(47)26(23)15-25)29-7-8-32(45)40-35(29)46/h5-6,13-16,18,29,39H,7-12,17,19-21H2,1-4H3,(H,40,45,46). The summed E-state index contributed by atoms with van der Waals surface area (Å²) < 4.78 is 13.5. The highest BCUT2D eigenvalue weighted by Gasteiger charge is 2.46. The van der Waals surface area contributed by atoms with E-state index in [1.807, 2.05) is 43.6 Å². The number of pyridine rings is 1. The predicted molar refractivity (Wildman–Crippen MR) is 188 cm³/mol. The number of benzene rings is 2. The monoisotopic (exact) mass is 678 g/mol. The van der Waals surface area contributed by atoms with Gasteiger partial charge in [0.25, 0.3) is 11.5 Å². The van der Waals surface area contributed by atoms with Crippen molar-refractivity contribution in [2.75, 3.05) is 45.3 Å². The highest BCUT2D eigenvalue weighted by molar-refractivity contribution is 6.05. The summed E-state index contributed by atoms with van der Waals surface area (Å²) in [7, 11) is 5.14. The first-order valence-corrected chi connectivity index (χ1v) is 17.3. The average Bonchev–Trinajstić information content (AvgIpc) is 3.65. The number of piperidine rings is 2. The molecule has 260 valence electrons. The number of hydrogen-bond acceptors (Lipinski definition) is 8. The van der Waals surface area contributed by atoms with Crippen LogP contribution in [0, 0.1) is 12.3 Å². The summed E-state index contributed by atoms with van der Waals surface area (Å²) >= 11 is 0. The Labute approximate surface area is 289 Å². The molecular formula is C38H42N6O6. The summed E-state index contributed by atoms with van der Waals surface area (Å²) in [6, 6.07) is 9.56. The molecule has 0 radical (unpaired) electrons. The zero-order valence-corrected chi connectivity index (χ0v) is 28.9. The average molecular weight is 679 g/mol. The van der Waals surface area contributed by atoms with Gasteiger partial charge < -0.3 is 28.8 Å². The van der Waals surface area contributed by atoms with Crippen molar-refractivity contribution in [2.24, 2.45) is 12.5 Å². The molecule has 1 atom stereocenters. The molecule has 6 heterocycles. The van der Waals surface area contributed by atoms with Crippen molar-refractivity contribution in [1.29, 1.82) is 0 Å². The van der Waals surface area contributed by atoms with Crippen LogP contribution in [0.3, 0.4) is 0 Å². The number of fused-ring (bicyclic) bond motifs is 2. The van der Waals surface area contributed by atoms with E-state index in [2.05, 4.69) is 26.2 Å². The second kappa shape index (κ2) is 12.0. The third kappa shape index (κ3) is 5.24. The minimum atomic E-state index is -0.605. The Balaban J connectivity index is 0.932. The summed E-state index contributed by atoms with van der Waals surface area (Å²) in [5.74, 6) is 0.707. The number of carbonyl (C=O) groups excluding carboxylic acids is 3. The number of amides is 3. The second-order valence-electron chi connectivity index (χ2n) is 14.4. The quantitative estimate of drug-likeness (QED) is 0.283. The van der Waals surface area contributed by atoms with Crippen LogP contribution in [-0.2, 0) is 29.7 Å². The van der Waals surface area contributed by atoms with E-state index in [4.69, 9.17) is 9.47 Å². The van der Waals surface area contributed by atoms with Crippen molar-refractivity contribution in [2.45, 2.75) is 51.7 Å². The van der Waals surface area contributed by atoms with Gasteiger partial charge in [-0.15, -0.1) is 0 Å². The molecule has 2 N–H and O–H groups in total. The van der Waals surface area contributed by atoms with Crippen LogP contribution < -0.4 is 25.2 Å². The van der Waals surface area contributed by atoms with E-state index in [1.165, 1.54) is 0 Å². The van der Waals surface area contributed by atoms with E-state index in [9.17, 15) is 19.2 Å². The molecule has 3 fully saturated rings. The summed E-state index contributed by atoms with van der Waals surface area (Å²) in [6.45, 7) is 6.89. The Bertz CT molecular complexity index is 2090. The predicted octanol–water partition coefficient (Wildman–Crippen LogP) is 3.72. The number of aromatic nitrogens is 2. The lowest BCUT2D eigenvalue weighted by Gasteiger charge is -2.55. The van der Waals surface area contributed by atoms with Gasteiger partial charge in [0, 0.05) is 79.7 Å². The van der Waals surface area contributed by atoms with Crippen molar-refractivity contribution in [3.8, 4) is 22.6 Å². The molecule has 4 aromatic rings. The number of imide groups is 1. The molecule has 3 amide bonds. The number of aromatic amines is 1. The van der Waals surface area contributed by atoms with Gasteiger partial charge in [-0.25, -0.2) is 0 Å². The molecule has 0 aliphatic carbocycles. The molecule has 12 nitrogen and oxygen atoms in total. The van der Waals surface area contributed by atoms with Gasteiger partial charge in [-0.2, -0.15) is 0 Å². The van der Waals surface area contributed by atoms with E-state index in [1.54, 1.807) is 30.7 Å². The number of nitrogens with zero attached hydrogens (tertiary/aromatic N) is 4. The van der Waals surface area contributed by atoms with Crippen LogP contribution in [-0.4, -0.2) is 83.5 Å². The molecule has 0 saturated carbocycles. The number of likely N-dealkylation sites (tertiary alicyclic amines) is 1. The summed E-state index contributed by atoms with van der Waals surface area (Å²) in [5, 5.41) is 3.28. The zero-order valence-electron chi connectivity index (χ0n) is 28.9. The third-order valence-electron chi connectivity index (χ3n) is 11.4. The molecule has 4 aliphatic rings. The van der Waals surface area contributed by atoms with Crippen LogP contribution in [0.5, 0.6) is 11.5 Å². The van der Waals surface area contributed by atoms with E-state index in [-0.39, 0.29) is 35.1 Å². The van der Waals surface area contributed by atoms with E-state index >= 15 is 0 Å². The smallest absolute Gasteiger partial charge is 0.274 e. The summed E-state index contributed by atoms with van der Waals surface area (Å²) in [4.78, 5) is 59.8. The maximum atomic E-state index is 13.4. The van der Waals surface area contributed by atoms with Crippen LogP contribution in [0.1, 0.15) is 52.7 Å². The van der Waals surface area contributed by atoms with Gasteiger partial charge >= 0.3 is 0 Å². The lowest BCUT2D eigenvalue weighted by molar-refractivity contribution is -0.136. The Morgan fingerprint density at radius 1 is 0.960 bits per heavy atom. The van der Waals surface area contributed by atoms with Gasteiger partial charge in [0.05, 0.1) is 19.8 Å². The number of anilines is 1. The first kappa shape index (κ1) is 32.1. The SMILES string of the molecule is COc1cc(-c2cn(C)c(=O)c3[nH]cc(C)c23)cc(OC)c1CN1CCC2(CC1)CN(c1ccc3c(c1)C(=O)N(C1CCC(=O)NC1=O)C3)C2. The molecule has 12 heteroatoms. The van der Waals surface area contributed by atoms with Crippen molar-refractivity contribution in [3.63, 3.8) is 0 Å². The minimum absolute atomic E-state index is 0.0643. The first-order valence-electron chi connectivity index (χ1n) is 17.3. The number of ether oxygens (including phenoxy) is 2. The molecule has 3 saturated heterocycles. The molecular weight excluding hydrogens is 636 g/mol. The van der Waals surface area contributed by atoms with Gasteiger partial charge in [0.15, 0.2) is 0 Å². The van der Waals surface area contributed by atoms with E-state index in [0.29, 0.717) is 30.6 Å². The molecule has 4 aliphatic heterocycles. The van der Waals surface area contributed by atoms with Crippen molar-refractivity contribution in [3.05, 3.63) is 75.3 Å². The number of aryl methyl sites for hydroxylation is 2. The Morgan fingerprint density at radius 3 is 2.36 bits per heavy atom. The number of rotatable bonds is 7. The van der Waals surface area contributed by atoms with E-state index in [0.717, 1.165) is 89.4 Å². The number of hydrogen-bond donors (Lipinski definition) is 2. The first-order chi connectivity index (χ1) is 24.1. The maximum absolute atomic E-state index is 13.4. The Kier molecular flexibility index (Phi) is 7.74. The fourth-order valence-corrected chi connectivity index (χ4v) is 8.46. The number of carbonyl (C=O) groups is 3. The molecule has 8 rings (SSSR count). The Hall–Kier alpha value is -5.10. The number of methoxy groups -OCH3 is 2. The van der Waals surface area contributed by atoms with Gasteiger partial charge in [-0.05, 0) is 80.2 Å². The van der Waals surface area contributed by atoms with Crippen LogP contribution in [0.15, 0.2) is 47.5 Å². The van der Waals surface area contributed by atoms with Gasteiger partial charge in [0.2, 0.25) is 11.8 Å². The molecule has 1 spiro atoms. The lowest BCUT2D eigenvalue weighted by atomic mass is 9.71. The van der Waals surface area contributed by atoms with Crippen LogP contribution >= 0.6 is 0 Å². The van der Waals surface area contributed by atoms with Crippen molar-refractivity contribution >= 4 is 34.3 Å². The van der Waals surface area contributed by atoms with Crippen LogP contribution in [0.2, 0.25) is 0 Å². The highest BCUT2D eigenvalue weighted by atomic mass is 16.5. The third-order valence-corrected chi connectivity index (χ3v) is 11.4. The van der Waals surface area contributed by atoms with E-state index < -0.39 is 6.04 Å². The van der Waals surface area contributed by atoms with Crippen molar-refractivity contribution in [1.82, 2.24) is 24.7 Å². The zero-order chi connectivity index (χ0) is 34.9. The maximum Gasteiger partial charge on any atom is 0.274 e. The number of H-pyrrole nitrogens is 1. The van der Waals surface area contributed by atoms with Gasteiger partial charge in [0.1, 0.15) is 23.1 Å².